The predicted molar refractivity (Wildman–Crippen MR) is 128 cm³/mol. The molecule has 0 aromatic heterocycles. The lowest BCUT2D eigenvalue weighted by molar-refractivity contribution is -0.128. The van der Waals surface area contributed by atoms with Crippen molar-refractivity contribution in [3.05, 3.63) is 52.8 Å². The lowest BCUT2D eigenvalue weighted by Gasteiger charge is -2.19. The number of hydrogen-bond acceptors (Lipinski definition) is 5. The summed E-state index contributed by atoms with van der Waals surface area (Å²) in [4.78, 5) is 35.9. The van der Waals surface area contributed by atoms with Crippen LogP contribution in [0.1, 0.15) is 41.8 Å². The molecule has 2 aromatic carbocycles. The summed E-state index contributed by atoms with van der Waals surface area (Å²) in [5.41, 5.74) is 3.22. The van der Waals surface area contributed by atoms with Gasteiger partial charge in [-0.15, -0.1) is 0 Å². The lowest BCUT2D eigenvalue weighted by Crippen LogP contribution is -2.48. The van der Waals surface area contributed by atoms with Crippen LogP contribution >= 0.6 is 11.8 Å². The summed E-state index contributed by atoms with van der Waals surface area (Å²) in [6, 6.07) is 7.56. The van der Waals surface area contributed by atoms with Gasteiger partial charge in [-0.25, -0.2) is 4.39 Å². The number of thioether (sulfide) groups is 1. The first-order chi connectivity index (χ1) is 15.7. The van der Waals surface area contributed by atoms with Crippen molar-refractivity contribution in [2.24, 2.45) is 0 Å². The van der Waals surface area contributed by atoms with Gasteiger partial charge in [0, 0.05) is 30.0 Å². The fourth-order valence-electron chi connectivity index (χ4n) is 3.94. The molecule has 1 aliphatic heterocycles. The third-order valence-corrected chi connectivity index (χ3v) is 6.16. The van der Waals surface area contributed by atoms with Gasteiger partial charge in [-0.2, -0.15) is 11.8 Å². The lowest BCUT2D eigenvalue weighted by atomic mass is 9.95. The van der Waals surface area contributed by atoms with E-state index in [0.717, 1.165) is 16.9 Å². The number of carbonyl (C=O) groups is 3. The van der Waals surface area contributed by atoms with Crippen molar-refractivity contribution in [2.75, 3.05) is 18.6 Å². The Balaban J connectivity index is 1.77. The standard InChI is InChI=1S/C25H29FN2O4S/c1-14-9-18-11-19(13-27-25(31)23(7-8-33-4)28-16(3)30)32-24(18)21(10-14)20-12-17(15(2)29)5-6-22(20)26/h5-6,9-10,12,19,23H,7-8,11,13H2,1-4H3,(H,27,31)(H,28,30)/t19-,23+/m1/s1. The van der Waals surface area contributed by atoms with Crippen LogP contribution in [0.15, 0.2) is 30.3 Å². The number of carbonyl (C=O) groups excluding carboxylic acids is 3. The molecule has 0 saturated carbocycles. The summed E-state index contributed by atoms with van der Waals surface area (Å²) in [6.45, 7) is 5.02. The quantitative estimate of drug-likeness (QED) is 0.544. The molecule has 33 heavy (non-hydrogen) atoms. The van der Waals surface area contributed by atoms with E-state index in [-0.39, 0.29) is 30.2 Å². The number of rotatable bonds is 9. The number of amides is 2. The van der Waals surface area contributed by atoms with Crippen molar-refractivity contribution in [3.8, 4) is 16.9 Å². The number of benzene rings is 2. The summed E-state index contributed by atoms with van der Waals surface area (Å²) in [5.74, 6) is 0.237. The van der Waals surface area contributed by atoms with Crippen LogP contribution in [-0.2, 0) is 16.0 Å². The fourth-order valence-corrected chi connectivity index (χ4v) is 4.42. The highest BCUT2D eigenvalue weighted by molar-refractivity contribution is 7.98. The Morgan fingerprint density at radius 3 is 2.61 bits per heavy atom. The van der Waals surface area contributed by atoms with Crippen LogP contribution < -0.4 is 15.4 Å². The van der Waals surface area contributed by atoms with Crippen molar-refractivity contribution in [3.63, 3.8) is 0 Å². The predicted octanol–water partition coefficient (Wildman–Crippen LogP) is 3.68. The van der Waals surface area contributed by atoms with Crippen molar-refractivity contribution in [1.29, 1.82) is 0 Å². The maximum absolute atomic E-state index is 14.7. The number of halogens is 1. The van der Waals surface area contributed by atoms with Crippen LogP contribution in [0.2, 0.25) is 0 Å². The molecule has 0 aliphatic carbocycles. The second-order valence-electron chi connectivity index (χ2n) is 8.28. The molecular formula is C25H29FN2O4S. The van der Waals surface area contributed by atoms with E-state index in [1.807, 2.05) is 25.3 Å². The van der Waals surface area contributed by atoms with E-state index in [9.17, 15) is 18.8 Å². The zero-order chi connectivity index (χ0) is 24.1. The molecule has 0 bridgehead atoms. The van der Waals surface area contributed by atoms with Crippen molar-refractivity contribution < 1.29 is 23.5 Å². The number of fused-ring (bicyclic) bond motifs is 1. The molecular weight excluding hydrogens is 443 g/mol. The minimum absolute atomic E-state index is 0.141. The Morgan fingerprint density at radius 2 is 1.94 bits per heavy atom. The van der Waals surface area contributed by atoms with Crippen LogP contribution in [0.4, 0.5) is 4.39 Å². The third-order valence-electron chi connectivity index (χ3n) is 5.51. The number of hydrogen-bond donors (Lipinski definition) is 2. The SMILES string of the molecule is CSCC[C@H](NC(C)=O)C(=O)NC[C@H]1Cc2cc(C)cc(-c3cc(C(C)=O)ccc3F)c2O1. The van der Waals surface area contributed by atoms with Gasteiger partial charge >= 0.3 is 0 Å². The van der Waals surface area contributed by atoms with Crippen LogP contribution in [0.25, 0.3) is 11.1 Å². The summed E-state index contributed by atoms with van der Waals surface area (Å²) < 4.78 is 20.8. The molecule has 0 fully saturated rings. The summed E-state index contributed by atoms with van der Waals surface area (Å²) in [6.07, 6.45) is 2.73. The monoisotopic (exact) mass is 472 g/mol. The highest BCUT2D eigenvalue weighted by Crippen LogP contribution is 2.41. The molecule has 0 radical (unpaired) electrons. The first-order valence-electron chi connectivity index (χ1n) is 10.8. The molecule has 2 aromatic rings. The van der Waals surface area contributed by atoms with E-state index < -0.39 is 11.9 Å². The zero-order valence-corrected chi connectivity index (χ0v) is 20.1. The van der Waals surface area contributed by atoms with Gasteiger partial charge < -0.3 is 15.4 Å². The van der Waals surface area contributed by atoms with Gasteiger partial charge in [-0.05, 0) is 67.7 Å². The van der Waals surface area contributed by atoms with E-state index in [4.69, 9.17) is 4.74 Å². The molecule has 2 N–H and O–H groups in total. The van der Waals surface area contributed by atoms with Gasteiger partial charge in [0.15, 0.2) is 5.78 Å². The molecule has 6 nitrogen and oxygen atoms in total. The molecule has 0 saturated heterocycles. The van der Waals surface area contributed by atoms with E-state index >= 15 is 0 Å². The van der Waals surface area contributed by atoms with Crippen molar-refractivity contribution in [2.45, 2.75) is 45.8 Å². The first-order valence-corrected chi connectivity index (χ1v) is 12.2. The van der Waals surface area contributed by atoms with Gasteiger partial charge in [0.2, 0.25) is 11.8 Å². The molecule has 176 valence electrons. The van der Waals surface area contributed by atoms with E-state index in [1.165, 1.54) is 26.0 Å². The average Bonchev–Trinajstić information content (AvgIpc) is 3.17. The van der Waals surface area contributed by atoms with E-state index in [0.29, 0.717) is 35.3 Å². The van der Waals surface area contributed by atoms with Crippen LogP contribution in [0.5, 0.6) is 5.75 Å². The number of nitrogens with one attached hydrogen (secondary N) is 2. The highest BCUT2D eigenvalue weighted by Gasteiger charge is 2.29. The molecule has 3 rings (SSSR count). The van der Waals surface area contributed by atoms with E-state index in [2.05, 4.69) is 10.6 Å². The number of aryl methyl sites for hydroxylation is 1. The van der Waals surface area contributed by atoms with Crippen molar-refractivity contribution in [1.82, 2.24) is 10.6 Å². The Hall–Kier alpha value is -2.87. The Kier molecular flexibility index (Phi) is 8.13. The second kappa shape index (κ2) is 10.8. The smallest absolute Gasteiger partial charge is 0.242 e. The molecule has 2 amide bonds. The number of ether oxygens (including phenoxy) is 1. The maximum Gasteiger partial charge on any atom is 0.242 e. The largest absolute Gasteiger partial charge is 0.487 e. The molecule has 1 aliphatic rings. The Labute approximate surface area is 197 Å². The van der Waals surface area contributed by atoms with Gasteiger partial charge in [0.1, 0.15) is 23.7 Å². The van der Waals surface area contributed by atoms with Crippen LogP contribution in [-0.4, -0.2) is 48.3 Å². The summed E-state index contributed by atoms with van der Waals surface area (Å²) >= 11 is 1.61. The molecule has 0 unspecified atom stereocenters. The third kappa shape index (κ3) is 6.13. The minimum Gasteiger partial charge on any atom is -0.487 e. The van der Waals surface area contributed by atoms with Gasteiger partial charge in [0.05, 0.1) is 6.54 Å². The Morgan fingerprint density at radius 1 is 1.18 bits per heavy atom. The van der Waals surface area contributed by atoms with Gasteiger partial charge in [-0.1, -0.05) is 6.07 Å². The van der Waals surface area contributed by atoms with E-state index in [1.54, 1.807) is 17.8 Å². The topological polar surface area (TPSA) is 84.5 Å². The normalized spacial score (nSPS) is 15.4. The Bertz CT molecular complexity index is 1070. The van der Waals surface area contributed by atoms with Gasteiger partial charge in [-0.3, -0.25) is 14.4 Å². The van der Waals surface area contributed by atoms with Gasteiger partial charge in [0.25, 0.3) is 0 Å². The molecule has 2 atom stereocenters. The average molecular weight is 473 g/mol. The minimum atomic E-state index is -0.597. The fraction of sp³-hybridized carbons (Fsp3) is 0.400. The van der Waals surface area contributed by atoms with Crippen molar-refractivity contribution >= 4 is 29.4 Å². The summed E-state index contributed by atoms with van der Waals surface area (Å²) in [5, 5.41) is 5.57. The van der Waals surface area contributed by atoms with Crippen LogP contribution in [0, 0.1) is 12.7 Å². The molecule has 1 heterocycles. The molecule has 8 heteroatoms. The first kappa shape index (κ1) is 24.8. The summed E-state index contributed by atoms with van der Waals surface area (Å²) in [7, 11) is 0. The van der Waals surface area contributed by atoms with Crippen LogP contribution in [0.3, 0.4) is 0 Å². The number of ketones is 1. The number of Topliss-reactive ketones (excluding diaryl/α,β-unsaturated/α-hetero) is 1. The maximum atomic E-state index is 14.7. The highest BCUT2D eigenvalue weighted by atomic mass is 32.2. The molecule has 0 spiro atoms. The zero-order valence-electron chi connectivity index (χ0n) is 19.3. The second-order valence-corrected chi connectivity index (χ2v) is 9.26.